The second-order valence-corrected chi connectivity index (χ2v) is 9.76. The maximum Gasteiger partial charge on any atom is 0.296 e. The van der Waals surface area contributed by atoms with E-state index in [0.29, 0.717) is 23.3 Å². The number of rotatable bonds is 11. The van der Waals surface area contributed by atoms with Gasteiger partial charge in [-0.05, 0) is 35.7 Å². The number of carbonyl (C=O) groups excluding carboxylic acids is 2. The molecule has 2 heterocycles. The first-order valence-electron chi connectivity index (χ1n) is 11.4. The average molecular weight is 553 g/mol. The van der Waals surface area contributed by atoms with Gasteiger partial charge in [-0.15, -0.1) is 6.42 Å². The van der Waals surface area contributed by atoms with Crippen molar-refractivity contribution in [1.82, 2.24) is 25.6 Å². The van der Waals surface area contributed by atoms with E-state index in [1.807, 2.05) is 5.92 Å². The predicted octanol–water partition coefficient (Wildman–Crippen LogP) is 1.26. The maximum atomic E-state index is 13.0. The normalized spacial score (nSPS) is 11.0. The number of benzene rings is 2. The van der Waals surface area contributed by atoms with Crippen LogP contribution in [0.1, 0.15) is 11.1 Å². The fourth-order valence-corrected chi connectivity index (χ4v) is 4.86. The van der Waals surface area contributed by atoms with Crippen molar-refractivity contribution in [1.29, 1.82) is 0 Å². The van der Waals surface area contributed by atoms with E-state index in [4.69, 9.17) is 20.4 Å². The summed E-state index contributed by atoms with van der Waals surface area (Å²) in [6.07, 6.45) is 8.27. The zero-order chi connectivity index (χ0) is 28.0. The molecular formula is C25H24N6O7S. The van der Waals surface area contributed by atoms with Gasteiger partial charge in [0.2, 0.25) is 5.91 Å². The molecule has 0 aliphatic carbocycles. The van der Waals surface area contributed by atoms with Crippen LogP contribution in [0, 0.1) is 12.3 Å². The Morgan fingerprint density at radius 1 is 1.10 bits per heavy atom. The lowest BCUT2D eigenvalue weighted by Gasteiger charge is -2.11. The lowest BCUT2D eigenvalue weighted by atomic mass is 10.1. The Labute approximate surface area is 223 Å². The average Bonchev–Trinajstić information content (AvgIpc) is 3.56. The molecule has 4 aromatic rings. The van der Waals surface area contributed by atoms with Crippen molar-refractivity contribution in [3.05, 3.63) is 59.9 Å². The second-order valence-electron chi connectivity index (χ2n) is 8.11. The Kier molecular flexibility index (Phi) is 8.01. The predicted molar refractivity (Wildman–Crippen MR) is 139 cm³/mol. The summed E-state index contributed by atoms with van der Waals surface area (Å²) in [5, 5.41) is 13.5. The Morgan fingerprint density at radius 3 is 2.62 bits per heavy atom. The molecule has 14 heteroatoms. The highest BCUT2D eigenvalue weighted by Gasteiger charge is 2.24. The first-order chi connectivity index (χ1) is 18.7. The molecule has 39 heavy (non-hydrogen) atoms. The van der Waals surface area contributed by atoms with Crippen molar-refractivity contribution in [3.63, 3.8) is 0 Å². The van der Waals surface area contributed by atoms with Gasteiger partial charge in [0.05, 0.1) is 33.5 Å². The number of nitrogens with one attached hydrogen (secondary N) is 3. The van der Waals surface area contributed by atoms with Gasteiger partial charge in [-0.2, -0.15) is 5.10 Å². The summed E-state index contributed by atoms with van der Waals surface area (Å²) in [4.78, 5) is 22.8. The smallest absolute Gasteiger partial charge is 0.296 e. The van der Waals surface area contributed by atoms with Gasteiger partial charge in [0.1, 0.15) is 21.8 Å². The Bertz CT molecular complexity index is 1670. The zero-order valence-electron chi connectivity index (χ0n) is 20.9. The highest BCUT2D eigenvalue weighted by Crippen LogP contribution is 2.35. The molecule has 0 bridgehead atoms. The molecule has 0 unspecified atom stereocenters. The summed E-state index contributed by atoms with van der Waals surface area (Å²) < 4.78 is 46.2. The minimum absolute atomic E-state index is 0.0325. The summed E-state index contributed by atoms with van der Waals surface area (Å²) >= 11 is 0. The van der Waals surface area contributed by atoms with E-state index in [-0.39, 0.29) is 29.6 Å². The summed E-state index contributed by atoms with van der Waals surface area (Å²) in [7, 11) is -1.22. The van der Waals surface area contributed by atoms with Gasteiger partial charge in [0.15, 0.2) is 11.4 Å². The van der Waals surface area contributed by atoms with Gasteiger partial charge in [-0.25, -0.2) is 8.42 Å². The first kappa shape index (κ1) is 27.0. The van der Waals surface area contributed by atoms with E-state index in [9.17, 15) is 18.0 Å². The molecule has 2 amide bonds. The summed E-state index contributed by atoms with van der Waals surface area (Å²) in [5.41, 5.74) is 1.77. The Morgan fingerprint density at radius 2 is 1.87 bits per heavy atom. The van der Waals surface area contributed by atoms with E-state index in [1.165, 1.54) is 26.4 Å². The third-order valence-corrected chi connectivity index (χ3v) is 6.85. The molecule has 13 nitrogen and oxygen atoms in total. The molecule has 3 N–H and O–H groups in total. The van der Waals surface area contributed by atoms with Crippen molar-refractivity contribution >= 4 is 38.6 Å². The van der Waals surface area contributed by atoms with Gasteiger partial charge >= 0.3 is 0 Å². The molecule has 202 valence electrons. The largest absolute Gasteiger partial charge is 0.496 e. The quantitative estimate of drug-likeness (QED) is 0.232. The third kappa shape index (κ3) is 6.28. The minimum Gasteiger partial charge on any atom is -0.496 e. The summed E-state index contributed by atoms with van der Waals surface area (Å²) in [6, 6.07) is 9.62. The van der Waals surface area contributed by atoms with Crippen LogP contribution in [0.2, 0.25) is 0 Å². The standard InChI is InChI=1S/C25H24N6O7S/c1-4-22(32)27-13-23(33)26-11-17-12-28-31(15-17)14-16-9-19(37-3)24-20(10-16)38-29-25(24)30-39(34,35)21-8-6-5-7-18(21)36-2/h1,5-10,12,15H,11,13-14H2,2-3H3,(H,26,33)(H,27,32)(H,29,30). The number of sulfonamides is 1. The van der Waals surface area contributed by atoms with E-state index < -0.39 is 21.8 Å². The number of carbonyl (C=O) groups is 2. The van der Waals surface area contributed by atoms with Crippen LogP contribution >= 0.6 is 0 Å². The third-order valence-electron chi connectivity index (χ3n) is 5.47. The van der Waals surface area contributed by atoms with Gasteiger partial charge in [-0.1, -0.05) is 17.3 Å². The number of fused-ring (bicyclic) bond motifs is 1. The number of aromatic nitrogens is 3. The van der Waals surface area contributed by atoms with Crippen molar-refractivity contribution in [3.8, 4) is 23.8 Å². The first-order valence-corrected chi connectivity index (χ1v) is 12.9. The van der Waals surface area contributed by atoms with Gasteiger partial charge in [0.25, 0.3) is 15.9 Å². The molecule has 0 aliphatic rings. The van der Waals surface area contributed by atoms with Crippen LogP contribution in [-0.4, -0.2) is 55.9 Å². The van der Waals surface area contributed by atoms with Crippen molar-refractivity contribution < 1.29 is 32.0 Å². The summed E-state index contributed by atoms with van der Waals surface area (Å²) in [5.74, 6) is 1.29. The second kappa shape index (κ2) is 11.6. The highest BCUT2D eigenvalue weighted by molar-refractivity contribution is 7.92. The van der Waals surface area contributed by atoms with E-state index in [0.717, 1.165) is 11.1 Å². The van der Waals surface area contributed by atoms with Crippen LogP contribution in [0.3, 0.4) is 0 Å². The molecule has 0 saturated carbocycles. The van der Waals surface area contributed by atoms with Crippen LogP contribution in [0.5, 0.6) is 11.5 Å². The fourth-order valence-electron chi connectivity index (χ4n) is 3.68. The molecule has 2 aromatic heterocycles. The number of ether oxygens (including phenoxy) is 2. The SMILES string of the molecule is C#CC(=O)NCC(=O)NCc1cnn(Cc2cc(OC)c3c(NS(=O)(=O)c4ccccc4OC)noc3c2)c1. The molecule has 0 aliphatic heterocycles. The molecule has 0 atom stereocenters. The summed E-state index contributed by atoms with van der Waals surface area (Å²) in [6.45, 7) is 0.289. The van der Waals surface area contributed by atoms with Gasteiger partial charge in [0, 0.05) is 18.3 Å². The van der Waals surface area contributed by atoms with Crippen LogP contribution in [0.15, 0.2) is 58.2 Å². The Balaban J connectivity index is 1.48. The van der Waals surface area contributed by atoms with Crippen LogP contribution < -0.4 is 24.8 Å². The number of anilines is 1. The lowest BCUT2D eigenvalue weighted by molar-refractivity contribution is -0.123. The number of para-hydroxylation sites is 1. The lowest BCUT2D eigenvalue weighted by Crippen LogP contribution is -2.35. The van der Waals surface area contributed by atoms with Crippen molar-refractivity contribution in [2.24, 2.45) is 0 Å². The van der Waals surface area contributed by atoms with Crippen LogP contribution in [-0.2, 0) is 32.7 Å². The maximum absolute atomic E-state index is 13.0. The monoisotopic (exact) mass is 552 g/mol. The van der Waals surface area contributed by atoms with E-state index >= 15 is 0 Å². The van der Waals surface area contributed by atoms with Gasteiger partial charge in [-0.3, -0.25) is 19.0 Å². The molecule has 0 radical (unpaired) electrons. The Hall–Kier alpha value is -5.03. The number of nitrogens with zero attached hydrogens (tertiary/aromatic N) is 3. The number of amides is 2. The molecule has 0 fully saturated rings. The molecule has 2 aromatic carbocycles. The minimum atomic E-state index is -4.05. The van der Waals surface area contributed by atoms with Crippen LogP contribution in [0.25, 0.3) is 11.0 Å². The van der Waals surface area contributed by atoms with Crippen molar-refractivity contribution in [2.75, 3.05) is 25.5 Å². The molecule has 0 saturated heterocycles. The van der Waals surface area contributed by atoms with Crippen LogP contribution in [0.4, 0.5) is 5.82 Å². The van der Waals surface area contributed by atoms with Crippen molar-refractivity contribution in [2.45, 2.75) is 18.0 Å². The molecule has 0 spiro atoms. The topological polar surface area (TPSA) is 167 Å². The highest BCUT2D eigenvalue weighted by atomic mass is 32.2. The van der Waals surface area contributed by atoms with Gasteiger partial charge < -0.3 is 24.6 Å². The zero-order valence-corrected chi connectivity index (χ0v) is 21.7. The number of hydrogen-bond acceptors (Lipinski definition) is 9. The number of terminal acetylenes is 1. The number of methoxy groups -OCH3 is 2. The number of hydrogen-bond donors (Lipinski definition) is 3. The van der Waals surface area contributed by atoms with E-state index in [2.05, 4.69) is 25.6 Å². The molecule has 4 rings (SSSR count). The van der Waals surface area contributed by atoms with E-state index in [1.54, 1.807) is 41.3 Å². The fraction of sp³-hybridized carbons (Fsp3) is 0.200. The molecular weight excluding hydrogens is 528 g/mol.